The molecule has 0 aliphatic carbocycles. The molecule has 1 aliphatic heterocycles. The minimum atomic E-state index is -0.542. The number of likely N-dealkylation sites (tertiary alicyclic amines) is 1. The quantitative estimate of drug-likeness (QED) is 0.894. The van der Waals surface area contributed by atoms with Gasteiger partial charge in [-0.25, -0.2) is 0 Å². The molecule has 1 aromatic rings. The zero-order chi connectivity index (χ0) is 16.3. The van der Waals surface area contributed by atoms with Crippen molar-refractivity contribution in [2.75, 3.05) is 20.1 Å². The summed E-state index contributed by atoms with van der Waals surface area (Å²) in [7, 11) is 2.11. The van der Waals surface area contributed by atoms with Gasteiger partial charge in [0.2, 0.25) is 5.91 Å². The van der Waals surface area contributed by atoms with Gasteiger partial charge in [0.05, 0.1) is 15.6 Å². The Morgan fingerprint density at radius 1 is 1.41 bits per heavy atom. The molecule has 0 spiro atoms. The number of nitrogens with zero attached hydrogens (tertiary/aromatic N) is 1. The van der Waals surface area contributed by atoms with Crippen molar-refractivity contribution in [1.29, 1.82) is 0 Å². The largest absolute Gasteiger partial charge is 0.347 e. The number of hydrogen-bond acceptors (Lipinski definition) is 2. The number of carbonyl (C=O) groups is 1. The van der Waals surface area contributed by atoms with Crippen LogP contribution >= 0.6 is 23.2 Å². The van der Waals surface area contributed by atoms with Gasteiger partial charge in [-0.05, 0) is 57.8 Å². The second kappa shape index (κ2) is 7.20. The SMILES string of the molecule is CN1CCC[C@@H](CC(=O)NC(C)(C)c2cccc(Cl)c2Cl)C1. The third-order valence-corrected chi connectivity index (χ3v) is 5.09. The fourth-order valence-electron chi connectivity index (χ4n) is 3.16. The summed E-state index contributed by atoms with van der Waals surface area (Å²) in [6, 6.07) is 5.51. The van der Waals surface area contributed by atoms with Crippen molar-refractivity contribution < 1.29 is 4.79 Å². The normalized spacial score (nSPS) is 20.0. The van der Waals surface area contributed by atoms with Crippen molar-refractivity contribution in [3.05, 3.63) is 33.8 Å². The predicted molar refractivity (Wildman–Crippen MR) is 92.5 cm³/mol. The Balaban J connectivity index is 2.01. The van der Waals surface area contributed by atoms with Crippen LogP contribution < -0.4 is 5.32 Å². The molecule has 1 aromatic carbocycles. The number of piperidine rings is 1. The first-order valence-corrected chi connectivity index (χ1v) is 8.49. The topological polar surface area (TPSA) is 32.3 Å². The van der Waals surface area contributed by atoms with E-state index in [1.807, 2.05) is 26.0 Å². The first-order valence-electron chi connectivity index (χ1n) is 7.73. The minimum Gasteiger partial charge on any atom is -0.347 e. The highest BCUT2D eigenvalue weighted by atomic mass is 35.5. The standard InChI is InChI=1S/C17H24Cl2N2O/c1-17(2,13-7-4-8-14(18)16(13)19)20-15(22)10-12-6-5-9-21(3)11-12/h4,7-8,12H,5-6,9-11H2,1-3H3,(H,20,22)/t12-/m0/s1. The predicted octanol–water partition coefficient (Wildman–Crippen LogP) is 4.08. The summed E-state index contributed by atoms with van der Waals surface area (Å²) in [6.07, 6.45) is 2.85. The van der Waals surface area contributed by atoms with Gasteiger partial charge in [-0.2, -0.15) is 0 Å². The average Bonchev–Trinajstić information content (AvgIpc) is 2.40. The van der Waals surface area contributed by atoms with Gasteiger partial charge in [0.25, 0.3) is 0 Å². The molecule has 2 rings (SSSR count). The maximum absolute atomic E-state index is 12.4. The Kier molecular flexibility index (Phi) is 5.76. The Morgan fingerprint density at radius 2 is 2.14 bits per heavy atom. The summed E-state index contributed by atoms with van der Waals surface area (Å²) >= 11 is 12.4. The summed E-state index contributed by atoms with van der Waals surface area (Å²) in [6.45, 7) is 6.03. The third kappa shape index (κ3) is 4.37. The molecule has 5 heteroatoms. The van der Waals surface area contributed by atoms with E-state index in [1.54, 1.807) is 6.07 Å². The highest BCUT2D eigenvalue weighted by Crippen LogP contribution is 2.33. The number of nitrogens with one attached hydrogen (secondary N) is 1. The lowest BCUT2D eigenvalue weighted by molar-refractivity contribution is -0.124. The monoisotopic (exact) mass is 342 g/mol. The van der Waals surface area contributed by atoms with Crippen LogP contribution in [0.2, 0.25) is 10.0 Å². The zero-order valence-electron chi connectivity index (χ0n) is 13.5. The van der Waals surface area contributed by atoms with Crippen molar-refractivity contribution in [3.8, 4) is 0 Å². The molecule has 1 atom stereocenters. The van der Waals surface area contributed by atoms with E-state index in [2.05, 4.69) is 17.3 Å². The Morgan fingerprint density at radius 3 is 2.82 bits per heavy atom. The fourth-order valence-corrected chi connectivity index (χ4v) is 3.69. The van der Waals surface area contributed by atoms with Gasteiger partial charge in [-0.1, -0.05) is 35.3 Å². The molecule has 1 N–H and O–H groups in total. The molecule has 122 valence electrons. The van der Waals surface area contributed by atoms with Crippen LogP contribution in [0.25, 0.3) is 0 Å². The van der Waals surface area contributed by atoms with Crippen molar-refractivity contribution in [2.24, 2.45) is 5.92 Å². The van der Waals surface area contributed by atoms with Crippen LogP contribution in [-0.4, -0.2) is 30.9 Å². The van der Waals surface area contributed by atoms with Crippen LogP contribution in [0.3, 0.4) is 0 Å². The average molecular weight is 343 g/mol. The number of rotatable bonds is 4. The maximum atomic E-state index is 12.4. The molecule has 0 radical (unpaired) electrons. The van der Waals surface area contributed by atoms with Crippen LogP contribution in [-0.2, 0) is 10.3 Å². The first-order chi connectivity index (χ1) is 10.3. The molecule has 1 amide bonds. The lowest BCUT2D eigenvalue weighted by Gasteiger charge is -2.32. The maximum Gasteiger partial charge on any atom is 0.220 e. The molecular weight excluding hydrogens is 319 g/mol. The van der Waals surface area contributed by atoms with Crippen LogP contribution in [0.1, 0.15) is 38.7 Å². The number of amides is 1. The summed E-state index contributed by atoms with van der Waals surface area (Å²) in [5.74, 6) is 0.505. The first kappa shape index (κ1) is 17.6. The minimum absolute atomic E-state index is 0.0707. The molecular formula is C17H24Cl2N2O. The van der Waals surface area contributed by atoms with Crippen molar-refractivity contribution in [2.45, 2.75) is 38.6 Å². The smallest absolute Gasteiger partial charge is 0.220 e. The number of benzene rings is 1. The second-order valence-corrected chi connectivity index (χ2v) is 7.53. The van der Waals surface area contributed by atoms with Crippen molar-refractivity contribution in [1.82, 2.24) is 10.2 Å². The van der Waals surface area contributed by atoms with Gasteiger partial charge in [0.15, 0.2) is 0 Å². The van der Waals surface area contributed by atoms with E-state index in [-0.39, 0.29) is 5.91 Å². The Bertz CT molecular complexity index is 545. The fraction of sp³-hybridized carbons (Fsp3) is 0.588. The Hall–Kier alpha value is -0.770. The van der Waals surface area contributed by atoms with Gasteiger partial charge in [-0.15, -0.1) is 0 Å². The van der Waals surface area contributed by atoms with Crippen molar-refractivity contribution >= 4 is 29.1 Å². The number of halogens is 2. The molecule has 0 bridgehead atoms. The second-order valence-electron chi connectivity index (χ2n) is 6.75. The van der Waals surface area contributed by atoms with Gasteiger partial charge in [-0.3, -0.25) is 4.79 Å². The molecule has 22 heavy (non-hydrogen) atoms. The van der Waals surface area contributed by atoms with Gasteiger partial charge >= 0.3 is 0 Å². The van der Waals surface area contributed by atoms with Gasteiger partial charge < -0.3 is 10.2 Å². The lowest BCUT2D eigenvalue weighted by atomic mass is 9.91. The van der Waals surface area contributed by atoms with Gasteiger partial charge in [0, 0.05) is 13.0 Å². The summed E-state index contributed by atoms with van der Waals surface area (Å²) in [5, 5.41) is 4.12. The van der Waals surface area contributed by atoms with E-state index in [9.17, 15) is 4.79 Å². The molecule has 0 unspecified atom stereocenters. The highest BCUT2D eigenvalue weighted by molar-refractivity contribution is 6.42. The number of carbonyl (C=O) groups excluding carboxylic acids is 1. The molecule has 0 aromatic heterocycles. The van der Waals surface area contributed by atoms with Crippen molar-refractivity contribution in [3.63, 3.8) is 0 Å². The number of hydrogen-bond donors (Lipinski definition) is 1. The molecule has 1 fully saturated rings. The van der Waals surface area contributed by atoms with Crippen LogP contribution in [0.15, 0.2) is 18.2 Å². The van der Waals surface area contributed by atoms with Gasteiger partial charge in [0.1, 0.15) is 0 Å². The Labute approximate surface area is 143 Å². The summed E-state index contributed by atoms with van der Waals surface area (Å²) in [5.41, 5.74) is 0.301. The van der Waals surface area contributed by atoms with E-state index >= 15 is 0 Å². The van der Waals surface area contributed by atoms with Crippen LogP contribution in [0.4, 0.5) is 0 Å². The zero-order valence-corrected chi connectivity index (χ0v) is 15.0. The molecule has 1 heterocycles. The van der Waals surface area contributed by atoms with Crippen LogP contribution in [0.5, 0.6) is 0 Å². The molecule has 3 nitrogen and oxygen atoms in total. The highest BCUT2D eigenvalue weighted by Gasteiger charge is 2.28. The molecule has 1 aliphatic rings. The summed E-state index contributed by atoms with van der Waals surface area (Å²) in [4.78, 5) is 14.7. The summed E-state index contributed by atoms with van der Waals surface area (Å²) < 4.78 is 0. The van der Waals surface area contributed by atoms with E-state index in [0.717, 1.165) is 31.5 Å². The van der Waals surface area contributed by atoms with E-state index < -0.39 is 5.54 Å². The third-order valence-electron chi connectivity index (χ3n) is 4.27. The molecule has 0 saturated carbocycles. The van der Waals surface area contributed by atoms with E-state index in [0.29, 0.717) is 22.4 Å². The van der Waals surface area contributed by atoms with E-state index in [1.165, 1.54) is 0 Å². The lowest BCUT2D eigenvalue weighted by Crippen LogP contribution is -2.43. The molecule has 1 saturated heterocycles. The van der Waals surface area contributed by atoms with E-state index in [4.69, 9.17) is 23.2 Å². The van der Waals surface area contributed by atoms with Crippen LogP contribution in [0, 0.1) is 5.92 Å².